The van der Waals surface area contributed by atoms with Crippen molar-refractivity contribution in [2.45, 2.75) is 51.6 Å². The molecule has 14 heavy (non-hydrogen) atoms. The number of rotatable bonds is 2. The van der Waals surface area contributed by atoms with Gasteiger partial charge in [-0.3, -0.25) is 4.90 Å². The van der Waals surface area contributed by atoms with E-state index in [9.17, 15) is 0 Å². The fourth-order valence-corrected chi connectivity index (χ4v) is 2.82. The van der Waals surface area contributed by atoms with Gasteiger partial charge in [0.15, 0.2) is 0 Å². The second-order valence-electron chi connectivity index (χ2n) is 5.10. The summed E-state index contributed by atoms with van der Waals surface area (Å²) in [6.07, 6.45) is 5.57. The molecule has 2 heteroatoms. The average molecular weight is 196 g/mol. The van der Waals surface area contributed by atoms with Gasteiger partial charge in [-0.25, -0.2) is 0 Å². The van der Waals surface area contributed by atoms with Gasteiger partial charge in [0.25, 0.3) is 0 Å². The van der Waals surface area contributed by atoms with Crippen molar-refractivity contribution in [1.82, 2.24) is 10.2 Å². The van der Waals surface area contributed by atoms with Crippen molar-refractivity contribution in [2.75, 3.05) is 19.6 Å². The highest BCUT2D eigenvalue weighted by Crippen LogP contribution is 2.24. The summed E-state index contributed by atoms with van der Waals surface area (Å²) < 4.78 is 0. The fraction of sp³-hybridized carbons (Fsp3) is 1.00. The standard InChI is InChI=1S/C12H24N2/c1-3-11-6-7-14(9-11)12-5-4-10(2)13-8-12/h10-13H,3-9H2,1-2H3. The molecule has 0 aromatic rings. The van der Waals surface area contributed by atoms with E-state index in [4.69, 9.17) is 0 Å². The second kappa shape index (κ2) is 4.63. The Morgan fingerprint density at radius 3 is 2.71 bits per heavy atom. The third kappa shape index (κ3) is 2.29. The summed E-state index contributed by atoms with van der Waals surface area (Å²) in [4.78, 5) is 2.72. The van der Waals surface area contributed by atoms with Crippen LogP contribution in [0.15, 0.2) is 0 Å². The molecule has 2 rings (SSSR count). The van der Waals surface area contributed by atoms with E-state index in [1.165, 1.54) is 45.3 Å². The van der Waals surface area contributed by atoms with Crippen molar-refractivity contribution in [2.24, 2.45) is 5.92 Å². The van der Waals surface area contributed by atoms with Crippen molar-refractivity contribution in [1.29, 1.82) is 0 Å². The molecule has 0 aliphatic carbocycles. The van der Waals surface area contributed by atoms with Gasteiger partial charge < -0.3 is 5.32 Å². The second-order valence-corrected chi connectivity index (χ2v) is 5.10. The lowest BCUT2D eigenvalue weighted by molar-refractivity contribution is 0.181. The maximum absolute atomic E-state index is 3.60. The zero-order valence-electron chi connectivity index (χ0n) is 9.63. The van der Waals surface area contributed by atoms with Crippen molar-refractivity contribution in [3.8, 4) is 0 Å². The highest BCUT2D eigenvalue weighted by Gasteiger charge is 2.29. The average Bonchev–Trinajstić information content (AvgIpc) is 2.67. The molecule has 2 fully saturated rings. The molecular weight excluding hydrogens is 172 g/mol. The molecule has 2 aliphatic rings. The van der Waals surface area contributed by atoms with Gasteiger partial charge in [-0.05, 0) is 38.6 Å². The number of likely N-dealkylation sites (tertiary alicyclic amines) is 1. The van der Waals surface area contributed by atoms with Gasteiger partial charge in [-0.2, -0.15) is 0 Å². The minimum Gasteiger partial charge on any atom is -0.313 e. The normalized spacial score (nSPS) is 40.3. The molecule has 0 bridgehead atoms. The molecule has 2 heterocycles. The summed E-state index contributed by atoms with van der Waals surface area (Å²) in [7, 11) is 0. The topological polar surface area (TPSA) is 15.3 Å². The first-order valence-electron chi connectivity index (χ1n) is 6.27. The minimum atomic E-state index is 0.746. The van der Waals surface area contributed by atoms with Gasteiger partial charge in [0.1, 0.15) is 0 Å². The molecule has 0 saturated carbocycles. The predicted octanol–water partition coefficient (Wildman–Crippen LogP) is 1.86. The summed E-state index contributed by atoms with van der Waals surface area (Å²) in [5.74, 6) is 0.981. The van der Waals surface area contributed by atoms with Gasteiger partial charge in [-0.1, -0.05) is 13.3 Å². The Balaban J connectivity index is 1.79. The van der Waals surface area contributed by atoms with E-state index in [-0.39, 0.29) is 0 Å². The largest absolute Gasteiger partial charge is 0.313 e. The molecule has 1 N–H and O–H groups in total. The van der Waals surface area contributed by atoms with Crippen molar-refractivity contribution in [3.05, 3.63) is 0 Å². The predicted molar refractivity (Wildman–Crippen MR) is 60.5 cm³/mol. The van der Waals surface area contributed by atoms with Gasteiger partial charge in [-0.15, -0.1) is 0 Å². The van der Waals surface area contributed by atoms with E-state index in [0.717, 1.165) is 18.0 Å². The summed E-state index contributed by atoms with van der Waals surface area (Å²) in [6, 6.07) is 1.58. The molecule has 2 saturated heterocycles. The van der Waals surface area contributed by atoms with Crippen LogP contribution in [0.4, 0.5) is 0 Å². The Bertz CT molecular complexity index is 173. The molecule has 0 aromatic carbocycles. The maximum atomic E-state index is 3.60. The van der Waals surface area contributed by atoms with Gasteiger partial charge in [0, 0.05) is 25.2 Å². The van der Waals surface area contributed by atoms with Crippen LogP contribution in [-0.4, -0.2) is 36.6 Å². The van der Waals surface area contributed by atoms with E-state index >= 15 is 0 Å². The highest BCUT2D eigenvalue weighted by molar-refractivity contribution is 4.86. The molecule has 0 spiro atoms. The summed E-state index contributed by atoms with van der Waals surface area (Å²) in [5.41, 5.74) is 0. The SMILES string of the molecule is CCC1CCN(C2CCC(C)NC2)C1. The van der Waals surface area contributed by atoms with E-state index in [0.29, 0.717) is 0 Å². The number of hydrogen-bond donors (Lipinski definition) is 1. The first-order valence-corrected chi connectivity index (χ1v) is 6.27. The van der Waals surface area contributed by atoms with Crippen LogP contribution in [0, 0.1) is 5.92 Å². The zero-order valence-corrected chi connectivity index (χ0v) is 9.63. The van der Waals surface area contributed by atoms with Gasteiger partial charge in [0.05, 0.1) is 0 Å². The quantitative estimate of drug-likeness (QED) is 0.725. The lowest BCUT2D eigenvalue weighted by Gasteiger charge is -2.34. The van der Waals surface area contributed by atoms with E-state index in [1.807, 2.05) is 0 Å². The van der Waals surface area contributed by atoms with Crippen LogP contribution in [-0.2, 0) is 0 Å². The van der Waals surface area contributed by atoms with Crippen molar-refractivity contribution >= 4 is 0 Å². The molecule has 0 amide bonds. The van der Waals surface area contributed by atoms with Crippen molar-refractivity contribution in [3.63, 3.8) is 0 Å². The number of hydrogen-bond acceptors (Lipinski definition) is 2. The zero-order chi connectivity index (χ0) is 9.97. The lowest BCUT2D eigenvalue weighted by atomic mass is 10.0. The number of nitrogens with one attached hydrogen (secondary N) is 1. The molecule has 2 nitrogen and oxygen atoms in total. The van der Waals surface area contributed by atoms with Crippen LogP contribution in [0.3, 0.4) is 0 Å². The van der Waals surface area contributed by atoms with Crippen LogP contribution in [0.25, 0.3) is 0 Å². The van der Waals surface area contributed by atoms with Crippen molar-refractivity contribution < 1.29 is 0 Å². The van der Waals surface area contributed by atoms with E-state index in [2.05, 4.69) is 24.1 Å². The third-order valence-corrected chi connectivity index (χ3v) is 4.05. The van der Waals surface area contributed by atoms with E-state index in [1.54, 1.807) is 0 Å². The summed E-state index contributed by atoms with van der Waals surface area (Å²) in [6.45, 7) is 8.55. The summed E-state index contributed by atoms with van der Waals surface area (Å²) in [5, 5.41) is 3.60. The van der Waals surface area contributed by atoms with Crippen LogP contribution < -0.4 is 5.32 Å². The molecule has 2 aliphatic heterocycles. The highest BCUT2D eigenvalue weighted by atomic mass is 15.2. The Kier molecular flexibility index (Phi) is 3.45. The van der Waals surface area contributed by atoms with Crippen LogP contribution in [0.5, 0.6) is 0 Å². The smallest absolute Gasteiger partial charge is 0.0221 e. The lowest BCUT2D eigenvalue weighted by Crippen LogP contribution is -2.48. The third-order valence-electron chi connectivity index (χ3n) is 4.05. The first-order chi connectivity index (χ1) is 6.79. The molecule has 3 atom stereocenters. The van der Waals surface area contributed by atoms with Gasteiger partial charge >= 0.3 is 0 Å². The van der Waals surface area contributed by atoms with Crippen LogP contribution in [0.2, 0.25) is 0 Å². The first kappa shape index (κ1) is 10.4. The Morgan fingerprint density at radius 1 is 1.29 bits per heavy atom. The Hall–Kier alpha value is -0.0800. The fourth-order valence-electron chi connectivity index (χ4n) is 2.82. The Labute approximate surface area is 88.1 Å². The minimum absolute atomic E-state index is 0.746. The number of piperidine rings is 1. The Morgan fingerprint density at radius 2 is 2.14 bits per heavy atom. The molecule has 0 radical (unpaired) electrons. The van der Waals surface area contributed by atoms with Crippen LogP contribution in [0.1, 0.15) is 39.5 Å². The van der Waals surface area contributed by atoms with Gasteiger partial charge in [0.2, 0.25) is 0 Å². The van der Waals surface area contributed by atoms with E-state index < -0.39 is 0 Å². The van der Waals surface area contributed by atoms with Crippen LogP contribution >= 0.6 is 0 Å². The molecule has 3 unspecified atom stereocenters. The summed E-state index contributed by atoms with van der Waals surface area (Å²) >= 11 is 0. The molecule has 0 aromatic heterocycles. The molecule has 82 valence electrons. The number of nitrogens with zero attached hydrogens (tertiary/aromatic N) is 1. The molecular formula is C12H24N2. The monoisotopic (exact) mass is 196 g/mol. The maximum Gasteiger partial charge on any atom is 0.0221 e.